The largest absolute Gasteiger partial charge is 0.113 e. The van der Waals surface area contributed by atoms with E-state index in [0.29, 0.717) is 0 Å². The Bertz CT molecular complexity index is 736. The molecule has 0 saturated carbocycles. The highest BCUT2D eigenvalue weighted by atomic mass is 32.2. The molecule has 0 aliphatic carbocycles. The molecular formula is C20H20SSi. The van der Waals surface area contributed by atoms with Gasteiger partial charge in [-0.2, -0.15) is 0 Å². The molecule has 0 aliphatic rings. The van der Waals surface area contributed by atoms with E-state index in [4.69, 9.17) is 0 Å². The van der Waals surface area contributed by atoms with Gasteiger partial charge < -0.3 is 0 Å². The molecule has 0 bridgehead atoms. The van der Waals surface area contributed by atoms with Crippen molar-refractivity contribution >= 4 is 30.2 Å². The topological polar surface area (TPSA) is 0 Å². The van der Waals surface area contributed by atoms with Crippen LogP contribution in [0.25, 0.3) is 0 Å². The average Bonchev–Trinajstić information content (AvgIpc) is 2.57. The summed E-state index contributed by atoms with van der Waals surface area (Å²) < 4.78 is 0. The normalized spacial score (nSPS) is 11.4. The first-order valence-corrected chi connectivity index (χ1v) is 11.4. The molecular weight excluding hydrogens is 300 g/mol. The molecule has 2 heteroatoms. The van der Waals surface area contributed by atoms with Gasteiger partial charge >= 0.3 is 0 Å². The van der Waals surface area contributed by atoms with Crippen molar-refractivity contribution in [2.45, 2.75) is 22.9 Å². The second-order valence-corrected chi connectivity index (χ2v) is 11.4. The monoisotopic (exact) mass is 320 g/mol. The minimum absolute atomic E-state index is 1.30. The number of hydrogen-bond donors (Lipinski definition) is 0. The van der Waals surface area contributed by atoms with Crippen LogP contribution in [0.4, 0.5) is 0 Å². The molecule has 0 radical (unpaired) electrons. The first-order valence-electron chi connectivity index (χ1n) is 7.56. The molecule has 0 nitrogen and oxygen atoms in total. The van der Waals surface area contributed by atoms with Crippen molar-refractivity contribution in [1.82, 2.24) is 0 Å². The molecule has 0 spiro atoms. The van der Waals surface area contributed by atoms with Crippen LogP contribution in [-0.2, 0) is 0 Å². The predicted molar refractivity (Wildman–Crippen MR) is 100 cm³/mol. The smallest absolute Gasteiger partial charge is 0.0902 e. The average molecular weight is 321 g/mol. The first-order chi connectivity index (χ1) is 10.7. The summed E-state index contributed by atoms with van der Waals surface area (Å²) in [6.45, 7) is 4.87. The number of rotatable bonds is 4. The Labute approximate surface area is 138 Å². The Balaban J connectivity index is 2.01. The lowest BCUT2D eigenvalue weighted by molar-refractivity contribution is 1.42. The van der Waals surface area contributed by atoms with E-state index >= 15 is 0 Å². The van der Waals surface area contributed by atoms with Crippen LogP contribution in [0.5, 0.6) is 0 Å². The van der Waals surface area contributed by atoms with Crippen LogP contribution in [0, 0.1) is 0 Å². The zero-order chi connectivity index (χ0) is 15.4. The molecule has 3 rings (SSSR count). The highest BCUT2D eigenvalue weighted by Gasteiger charge is 2.28. The Morgan fingerprint density at radius 2 is 1.18 bits per heavy atom. The maximum atomic E-state index is 2.44. The van der Waals surface area contributed by atoms with Crippen molar-refractivity contribution in [3.63, 3.8) is 0 Å². The van der Waals surface area contributed by atoms with Gasteiger partial charge in [0.05, 0.1) is 0 Å². The van der Waals surface area contributed by atoms with Crippen LogP contribution in [0.2, 0.25) is 13.1 Å². The zero-order valence-electron chi connectivity index (χ0n) is 13.0. The van der Waals surface area contributed by atoms with Gasteiger partial charge in [0.1, 0.15) is 8.07 Å². The van der Waals surface area contributed by atoms with Crippen LogP contribution in [0.15, 0.2) is 94.7 Å². The lowest BCUT2D eigenvalue weighted by atomic mass is 10.4. The van der Waals surface area contributed by atoms with E-state index in [9.17, 15) is 0 Å². The Morgan fingerprint density at radius 1 is 0.636 bits per heavy atom. The molecule has 22 heavy (non-hydrogen) atoms. The summed E-state index contributed by atoms with van der Waals surface area (Å²) in [6, 6.07) is 30.5. The minimum atomic E-state index is -1.67. The van der Waals surface area contributed by atoms with E-state index in [1.165, 1.54) is 20.2 Å². The molecule has 0 heterocycles. The maximum Gasteiger partial charge on any atom is 0.113 e. The van der Waals surface area contributed by atoms with Gasteiger partial charge in [0.2, 0.25) is 0 Å². The standard InChI is InChI=1S/C20H20SSi/c1-22(2,18-13-7-4-8-14-18)20-16-10-9-15-19(20)21-17-11-5-3-6-12-17/h3-16H,1-2H3. The van der Waals surface area contributed by atoms with Crippen molar-refractivity contribution < 1.29 is 0 Å². The third-order valence-electron chi connectivity index (χ3n) is 4.03. The number of benzene rings is 3. The Kier molecular flexibility index (Phi) is 4.51. The third kappa shape index (κ3) is 3.18. The summed E-state index contributed by atoms with van der Waals surface area (Å²) in [5, 5.41) is 2.99. The van der Waals surface area contributed by atoms with Gasteiger partial charge in [0.25, 0.3) is 0 Å². The fourth-order valence-electron chi connectivity index (χ4n) is 2.70. The maximum absolute atomic E-state index is 2.44. The Morgan fingerprint density at radius 3 is 1.86 bits per heavy atom. The quantitative estimate of drug-likeness (QED) is 0.630. The van der Waals surface area contributed by atoms with Crippen LogP contribution in [-0.4, -0.2) is 8.07 Å². The van der Waals surface area contributed by atoms with Crippen molar-refractivity contribution in [3.05, 3.63) is 84.9 Å². The van der Waals surface area contributed by atoms with Gasteiger partial charge in [-0.05, 0) is 23.4 Å². The molecule has 0 fully saturated rings. The van der Waals surface area contributed by atoms with Crippen LogP contribution in [0.1, 0.15) is 0 Å². The van der Waals surface area contributed by atoms with Gasteiger partial charge in [0.15, 0.2) is 0 Å². The lowest BCUT2D eigenvalue weighted by Gasteiger charge is -2.26. The summed E-state index contributed by atoms with van der Waals surface area (Å²) in [5.41, 5.74) is 0. The fourth-order valence-corrected chi connectivity index (χ4v) is 7.04. The van der Waals surface area contributed by atoms with Gasteiger partial charge in [-0.25, -0.2) is 0 Å². The summed E-state index contributed by atoms with van der Waals surface area (Å²) in [7, 11) is -1.67. The van der Waals surface area contributed by atoms with Crippen molar-refractivity contribution in [2.24, 2.45) is 0 Å². The van der Waals surface area contributed by atoms with Crippen molar-refractivity contribution in [3.8, 4) is 0 Å². The van der Waals surface area contributed by atoms with Gasteiger partial charge in [-0.3, -0.25) is 0 Å². The van der Waals surface area contributed by atoms with E-state index in [-0.39, 0.29) is 0 Å². The van der Waals surface area contributed by atoms with Crippen LogP contribution in [0.3, 0.4) is 0 Å². The summed E-state index contributed by atoms with van der Waals surface area (Å²) in [4.78, 5) is 2.68. The number of hydrogen-bond acceptors (Lipinski definition) is 1. The first kappa shape index (κ1) is 15.1. The summed E-state index contributed by atoms with van der Waals surface area (Å²) in [5.74, 6) is 0. The van der Waals surface area contributed by atoms with Gasteiger partial charge in [-0.15, -0.1) is 0 Å². The molecule has 0 saturated heterocycles. The zero-order valence-corrected chi connectivity index (χ0v) is 14.8. The summed E-state index contributed by atoms with van der Waals surface area (Å²) in [6.07, 6.45) is 0. The molecule has 110 valence electrons. The third-order valence-corrected chi connectivity index (χ3v) is 8.85. The van der Waals surface area contributed by atoms with E-state index in [2.05, 4.69) is 98.0 Å². The SMILES string of the molecule is C[Si](C)(c1ccccc1)c1ccccc1Sc1ccccc1. The molecule has 0 aromatic heterocycles. The van der Waals surface area contributed by atoms with Crippen molar-refractivity contribution in [1.29, 1.82) is 0 Å². The van der Waals surface area contributed by atoms with Gasteiger partial charge in [0, 0.05) is 9.79 Å². The highest BCUT2D eigenvalue weighted by Crippen LogP contribution is 2.27. The predicted octanol–water partition coefficient (Wildman–Crippen LogP) is 4.66. The Hall–Kier alpha value is -1.77. The minimum Gasteiger partial charge on any atom is -0.0902 e. The fraction of sp³-hybridized carbons (Fsp3) is 0.100. The van der Waals surface area contributed by atoms with Crippen LogP contribution >= 0.6 is 11.8 Å². The van der Waals surface area contributed by atoms with Crippen molar-refractivity contribution in [2.75, 3.05) is 0 Å². The molecule has 0 amide bonds. The van der Waals surface area contributed by atoms with E-state index in [0.717, 1.165) is 0 Å². The van der Waals surface area contributed by atoms with E-state index in [1.807, 2.05) is 11.8 Å². The second kappa shape index (κ2) is 6.55. The highest BCUT2D eigenvalue weighted by molar-refractivity contribution is 7.99. The molecule has 0 N–H and O–H groups in total. The molecule has 0 atom stereocenters. The molecule has 0 aliphatic heterocycles. The second-order valence-electron chi connectivity index (χ2n) is 5.90. The molecule has 3 aromatic carbocycles. The van der Waals surface area contributed by atoms with Gasteiger partial charge in [-0.1, -0.05) is 96.8 Å². The lowest BCUT2D eigenvalue weighted by Crippen LogP contribution is -2.53. The molecule has 3 aromatic rings. The van der Waals surface area contributed by atoms with E-state index in [1.54, 1.807) is 0 Å². The molecule has 0 unspecified atom stereocenters. The van der Waals surface area contributed by atoms with E-state index < -0.39 is 8.07 Å². The van der Waals surface area contributed by atoms with Crippen LogP contribution < -0.4 is 10.4 Å². The summed E-state index contributed by atoms with van der Waals surface area (Å²) >= 11 is 1.87.